The molecule has 1 amide bonds. The van der Waals surface area contributed by atoms with Crippen LogP contribution in [0.4, 0.5) is 0 Å². The Hall–Kier alpha value is -3.60. The minimum atomic E-state index is -1.67. The molecule has 0 spiro atoms. The van der Waals surface area contributed by atoms with Crippen LogP contribution >= 0.6 is 0 Å². The summed E-state index contributed by atoms with van der Waals surface area (Å²) in [6, 6.07) is 7.64. The third-order valence-corrected chi connectivity index (χ3v) is 6.94. The average molecular weight is 641 g/mol. The lowest BCUT2D eigenvalue weighted by Crippen LogP contribution is -2.62. The summed E-state index contributed by atoms with van der Waals surface area (Å²) in [4.78, 5) is 46.4. The summed E-state index contributed by atoms with van der Waals surface area (Å²) in [6.45, 7) is 7.33. The van der Waals surface area contributed by atoms with Crippen molar-refractivity contribution in [1.29, 1.82) is 0 Å². The van der Waals surface area contributed by atoms with E-state index in [0.717, 1.165) is 11.3 Å². The zero-order chi connectivity index (χ0) is 33.0. The molecule has 45 heavy (non-hydrogen) atoms. The Kier molecular flexibility index (Phi) is 17.7. The Morgan fingerprint density at radius 1 is 0.756 bits per heavy atom. The number of carbonyl (C=O) groups is 4. The van der Waals surface area contributed by atoms with Crippen LogP contribution in [-0.4, -0.2) is 129 Å². The second-order valence-electron chi connectivity index (χ2n) is 10.1. The van der Waals surface area contributed by atoms with E-state index in [4.69, 9.17) is 28.8 Å². The van der Waals surface area contributed by atoms with Gasteiger partial charge in [0.2, 0.25) is 5.91 Å². The average Bonchev–Trinajstić information content (AvgIpc) is 2.97. The van der Waals surface area contributed by atoms with Crippen LogP contribution in [0.15, 0.2) is 36.9 Å². The lowest BCUT2D eigenvalue weighted by atomic mass is 9.56. The SMILES string of the molecule is C=CCc1ccccc1OCC(O)CNCCOCCOCCOCCOCCNC(=O)C1C(C(=O)O)C(C(=O)O)C1C(=O)O. The first kappa shape index (κ1) is 37.6. The zero-order valence-corrected chi connectivity index (χ0v) is 25.1. The highest BCUT2D eigenvalue weighted by Crippen LogP contribution is 2.47. The van der Waals surface area contributed by atoms with Crippen molar-refractivity contribution >= 4 is 23.8 Å². The van der Waals surface area contributed by atoms with E-state index < -0.39 is 53.6 Å². The van der Waals surface area contributed by atoms with Gasteiger partial charge in [-0.3, -0.25) is 19.2 Å². The molecule has 1 fully saturated rings. The summed E-state index contributed by atoms with van der Waals surface area (Å²) in [5, 5.41) is 43.3. The summed E-state index contributed by atoms with van der Waals surface area (Å²) in [6.07, 6.45) is 1.84. The highest BCUT2D eigenvalue weighted by Gasteiger charge is 2.63. The molecule has 0 radical (unpaired) electrons. The van der Waals surface area contributed by atoms with Crippen molar-refractivity contribution in [1.82, 2.24) is 10.6 Å². The van der Waals surface area contributed by atoms with E-state index in [1.165, 1.54) is 0 Å². The Morgan fingerprint density at radius 2 is 1.24 bits per heavy atom. The van der Waals surface area contributed by atoms with Crippen LogP contribution in [0.1, 0.15) is 5.56 Å². The molecule has 1 aliphatic carbocycles. The molecule has 15 nitrogen and oxygen atoms in total. The minimum Gasteiger partial charge on any atom is -0.491 e. The molecule has 0 aliphatic heterocycles. The summed E-state index contributed by atoms with van der Waals surface area (Å²) in [5.41, 5.74) is 1.02. The van der Waals surface area contributed by atoms with Crippen LogP contribution in [0.2, 0.25) is 0 Å². The fraction of sp³-hybridized carbons (Fsp3) is 0.600. The van der Waals surface area contributed by atoms with Crippen LogP contribution in [0.5, 0.6) is 5.75 Å². The molecule has 0 heterocycles. The lowest BCUT2D eigenvalue weighted by Gasteiger charge is -2.43. The second-order valence-corrected chi connectivity index (χ2v) is 10.1. The van der Waals surface area contributed by atoms with Gasteiger partial charge in [-0.15, -0.1) is 6.58 Å². The number of hydrogen-bond donors (Lipinski definition) is 6. The van der Waals surface area contributed by atoms with Crippen molar-refractivity contribution in [3.63, 3.8) is 0 Å². The minimum absolute atomic E-state index is 0.00911. The largest absolute Gasteiger partial charge is 0.491 e. The molecule has 0 saturated heterocycles. The first-order valence-corrected chi connectivity index (χ1v) is 14.7. The summed E-state index contributed by atoms with van der Waals surface area (Å²) < 4.78 is 27.3. The van der Waals surface area contributed by atoms with Gasteiger partial charge in [-0.05, 0) is 18.1 Å². The van der Waals surface area contributed by atoms with Gasteiger partial charge in [0, 0.05) is 19.6 Å². The molecule has 2 rings (SSSR count). The van der Waals surface area contributed by atoms with E-state index in [-0.39, 0.29) is 33.0 Å². The smallest absolute Gasteiger partial charge is 0.308 e. The molecule has 3 atom stereocenters. The number of rotatable bonds is 26. The maximum absolute atomic E-state index is 12.3. The predicted molar refractivity (Wildman–Crippen MR) is 158 cm³/mol. The Labute approximate surface area is 261 Å². The number of para-hydroxylation sites is 1. The van der Waals surface area contributed by atoms with Crippen LogP contribution in [0.3, 0.4) is 0 Å². The van der Waals surface area contributed by atoms with Crippen LogP contribution in [0.25, 0.3) is 0 Å². The van der Waals surface area contributed by atoms with Crippen LogP contribution in [-0.2, 0) is 44.5 Å². The number of carboxylic acid groups (broad SMARTS) is 3. The third kappa shape index (κ3) is 13.1. The third-order valence-electron chi connectivity index (χ3n) is 6.94. The molecule has 1 saturated carbocycles. The number of aliphatic hydroxyl groups is 1. The predicted octanol–water partition coefficient (Wildman–Crippen LogP) is -0.341. The summed E-state index contributed by atoms with van der Waals surface area (Å²) in [5.74, 6) is -11.1. The van der Waals surface area contributed by atoms with Gasteiger partial charge in [0.05, 0.1) is 76.5 Å². The Morgan fingerprint density at radius 3 is 1.78 bits per heavy atom. The summed E-state index contributed by atoms with van der Waals surface area (Å²) >= 11 is 0. The fourth-order valence-electron chi connectivity index (χ4n) is 4.75. The highest BCUT2D eigenvalue weighted by molar-refractivity contribution is 5.97. The number of hydrogen-bond acceptors (Lipinski definition) is 11. The number of ether oxygens (including phenoxy) is 5. The highest BCUT2D eigenvalue weighted by atomic mass is 16.6. The molecule has 1 aliphatic rings. The van der Waals surface area contributed by atoms with Gasteiger partial charge < -0.3 is 54.7 Å². The molecule has 1 aromatic rings. The van der Waals surface area contributed by atoms with Gasteiger partial charge in [0.1, 0.15) is 18.5 Å². The number of allylic oxidation sites excluding steroid dienone is 1. The van der Waals surface area contributed by atoms with Gasteiger partial charge >= 0.3 is 17.9 Å². The fourth-order valence-corrected chi connectivity index (χ4v) is 4.75. The van der Waals surface area contributed by atoms with Crippen molar-refractivity contribution in [3.8, 4) is 5.75 Å². The maximum atomic E-state index is 12.3. The van der Waals surface area contributed by atoms with Gasteiger partial charge in [-0.2, -0.15) is 0 Å². The van der Waals surface area contributed by atoms with Crippen molar-refractivity contribution < 1.29 is 63.3 Å². The first-order valence-electron chi connectivity index (χ1n) is 14.7. The molecule has 0 bridgehead atoms. The molecule has 6 N–H and O–H groups in total. The Bertz CT molecular complexity index is 1060. The molecule has 0 aromatic heterocycles. The van der Waals surface area contributed by atoms with Crippen LogP contribution < -0.4 is 15.4 Å². The van der Waals surface area contributed by atoms with Gasteiger partial charge in [-0.1, -0.05) is 24.3 Å². The molecular weight excluding hydrogens is 596 g/mol. The van der Waals surface area contributed by atoms with Crippen molar-refractivity contribution in [3.05, 3.63) is 42.5 Å². The zero-order valence-electron chi connectivity index (χ0n) is 25.1. The van der Waals surface area contributed by atoms with Crippen LogP contribution in [0, 0.1) is 23.7 Å². The topological polar surface area (TPSA) is 219 Å². The van der Waals surface area contributed by atoms with E-state index in [0.29, 0.717) is 52.5 Å². The van der Waals surface area contributed by atoms with Gasteiger partial charge in [0.15, 0.2) is 0 Å². The number of aliphatic carboxylic acids is 3. The summed E-state index contributed by atoms with van der Waals surface area (Å²) in [7, 11) is 0. The van der Waals surface area contributed by atoms with E-state index >= 15 is 0 Å². The maximum Gasteiger partial charge on any atom is 0.308 e. The van der Waals surface area contributed by atoms with E-state index in [1.807, 2.05) is 24.3 Å². The number of carbonyl (C=O) groups excluding carboxylic acids is 1. The normalized spacial score (nSPS) is 19.7. The monoisotopic (exact) mass is 640 g/mol. The van der Waals surface area contributed by atoms with Crippen molar-refractivity contribution in [2.75, 3.05) is 79.1 Å². The molecular formula is C30H44N2O13. The van der Waals surface area contributed by atoms with E-state index in [1.54, 1.807) is 6.08 Å². The van der Waals surface area contributed by atoms with Gasteiger partial charge in [0.25, 0.3) is 0 Å². The molecule has 15 heteroatoms. The number of carboxylic acids is 3. The van der Waals surface area contributed by atoms with E-state index in [2.05, 4.69) is 17.2 Å². The number of nitrogens with one attached hydrogen (secondary N) is 2. The molecule has 3 unspecified atom stereocenters. The number of benzene rings is 1. The van der Waals surface area contributed by atoms with Crippen molar-refractivity contribution in [2.24, 2.45) is 23.7 Å². The first-order chi connectivity index (χ1) is 21.7. The lowest BCUT2D eigenvalue weighted by molar-refractivity contribution is -0.187. The quantitative estimate of drug-likeness (QED) is 0.0564. The standard InChI is InChI=1S/C30H44N2O13/c1-2-5-20-6-3-4-7-22(20)45-19-21(33)18-31-8-10-41-12-14-43-16-17-44-15-13-42-11-9-32-27(34)23-24(28(35)36)26(30(39)40)25(23)29(37)38/h2-4,6-7,21,23-26,31,33H,1,5,8-19H2,(H,32,34)(H,35,36)(H,37,38)(H,39,40). The van der Waals surface area contributed by atoms with Gasteiger partial charge in [-0.25, -0.2) is 0 Å². The van der Waals surface area contributed by atoms with E-state index in [9.17, 15) is 34.5 Å². The number of aliphatic hydroxyl groups excluding tert-OH is 1. The Balaban J connectivity index is 1.38. The van der Waals surface area contributed by atoms with Crippen molar-refractivity contribution in [2.45, 2.75) is 12.5 Å². The second kappa shape index (κ2) is 21.2. The molecule has 1 aromatic carbocycles. The number of amides is 1. The molecule has 252 valence electrons.